The minimum absolute atomic E-state index is 0.194. The van der Waals surface area contributed by atoms with Crippen LogP contribution in [-0.4, -0.2) is 31.1 Å². The number of nitrogens with two attached hydrogens (primary N) is 1. The number of carbonyl (C=O) groups is 1. The van der Waals surface area contributed by atoms with Crippen LogP contribution < -0.4 is 16.7 Å². The van der Waals surface area contributed by atoms with E-state index >= 15 is 0 Å². The summed E-state index contributed by atoms with van der Waals surface area (Å²) in [4.78, 5) is 38.6. The van der Waals surface area contributed by atoms with Crippen LogP contribution in [0.25, 0.3) is 21.3 Å². The highest BCUT2D eigenvalue weighted by Crippen LogP contribution is 2.28. The average molecular weight is 386 g/mol. The number of thioether (sulfide) groups is 1. The molecule has 0 aliphatic carbocycles. The van der Waals surface area contributed by atoms with E-state index in [9.17, 15) is 9.59 Å². The molecule has 132 valence electrons. The molecule has 0 aliphatic rings. The fraction of sp³-hybridized carbons (Fsp3) is 0.125. The van der Waals surface area contributed by atoms with Crippen LogP contribution in [0.3, 0.4) is 0 Å². The molecule has 0 bridgehead atoms. The lowest BCUT2D eigenvalue weighted by atomic mass is 10.2. The molecule has 0 saturated heterocycles. The zero-order chi connectivity index (χ0) is 18.3. The molecular weight excluding hydrogens is 372 g/mol. The SMILES string of the molecule is C[C@H](Sc1nc(N)c2ccsc2n1)C(=O)Nc1ccc2[nH]c(=O)[nH]c2c1. The standard InChI is InChI=1S/C16H14N6O2S2/c1-7(26-16-21-12(17)9-4-5-25-14(9)22-16)13(23)18-8-2-3-10-11(6-8)20-15(24)19-10/h2-7H,1H3,(H,18,23)(H2,17,21,22)(H2,19,20,24)/t7-/m0/s1. The Morgan fingerprint density at radius 2 is 2.08 bits per heavy atom. The number of carbonyl (C=O) groups excluding carboxylic acids is 1. The molecule has 26 heavy (non-hydrogen) atoms. The van der Waals surface area contributed by atoms with Gasteiger partial charge in [-0.1, -0.05) is 11.8 Å². The van der Waals surface area contributed by atoms with Crippen LogP contribution in [0, 0.1) is 0 Å². The van der Waals surface area contributed by atoms with Crippen molar-refractivity contribution >= 4 is 61.8 Å². The Bertz CT molecular complexity index is 1180. The summed E-state index contributed by atoms with van der Waals surface area (Å²) >= 11 is 2.72. The Balaban J connectivity index is 1.50. The summed E-state index contributed by atoms with van der Waals surface area (Å²) in [6.45, 7) is 1.77. The molecule has 0 radical (unpaired) electrons. The number of amides is 1. The molecule has 3 aromatic heterocycles. The number of aromatic nitrogens is 4. The number of aromatic amines is 2. The third-order valence-electron chi connectivity index (χ3n) is 3.77. The smallest absolute Gasteiger partial charge is 0.323 e. The van der Waals surface area contributed by atoms with Crippen LogP contribution >= 0.6 is 23.1 Å². The van der Waals surface area contributed by atoms with Gasteiger partial charge in [0.1, 0.15) is 10.6 Å². The summed E-state index contributed by atoms with van der Waals surface area (Å²) < 4.78 is 0. The number of hydrogen-bond donors (Lipinski definition) is 4. The Labute approximate surface area is 155 Å². The molecular formula is C16H14N6O2S2. The van der Waals surface area contributed by atoms with Gasteiger partial charge in [-0.2, -0.15) is 0 Å². The molecule has 1 amide bonds. The minimum Gasteiger partial charge on any atom is -0.383 e. The summed E-state index contributed by atoms with van der Waals surface area (Å²) in [6.07, 6.45) is 0. The van der Waals surface area contributed by atoms with Gasteiger partial charge >= 0.3 is 5.69 Å². The molecule has 4 rings (SSSR count). The summed E-state index contributed by atoms with van der Waals surface area (Å²) in [5, 5.41) is 5.60. The summed E-state index contributed by atoms with van der Waals surface area (Å²) in [7, 11) is 0. The molecule has 0 saturated carbocycles. The van der Waals surface area contributed by atoms with E-state index in [1.54, 1.807) is 25.1 Å². The van der Waals surface area contributed by atoms with E-state index < -0.39 is 5.25 Å². The lowest BCUT2D eigenvalue weighted by molar-refractivity contribution is -0.115. The van der Waals surface area contributed by atoms with Crippen LogP contribution in [0.4, 0.5) is 11.5 Å². The van der Waals surface area contributed by atoms with Crippen molar-refractivity contribution in [3.05, 3.63) is 40.1 Å². The lowest BCUT2D eigenvalue weighted by Gasteiger charge is -2.11. The highest BCUT2D eigenvalue weighted by Gasteiger charge is 2.18. The zero-order valence-corrected chi connectivity index (χ0v) is 15.2. The Kier molecular flexibility index (Phi) is 4.13. The Morgan fingerprint density at radius 1 is 1.27 bits per heavy atom. The third kappa shape index (κ3) is 3.16. The predicted molar refractivity (Wildman–Crippen MR) is 105 cm³/mol. The fourth-order valence-corrected chi connectivity index (χ4v) is 4.08. The Hall–Kier alpha value is -2.85. The van der Waals surface area contributed by atoms with Gasteiger partial charge in [-0.3, -0.25) is 4.79 Å². The van der Waals surface area contributed by atoms with E-state index in [2.05, 4.69) is 25.3 Å². The van der Waals surface area contributed by atoms with Gasteiger partial charge in [0.05, 0.1) is 21.7 Å². The number of H-pyrrole nitrogens is 2. The summed E-state index contributed by atoms with van der Waals surface area (Å²) in [5.41, 5.74) is 7.57. The van der Waals surface area contributed by atoms with Crippen molar-refractivity contribution in [1.82, 2.24) is 19.9 Å². The molecule has 4 aromatic rings. The van der Waals surface area contributed by atoms with Crippen molar-refractivity contribution in [3.63, 3.8) is 0 Å². The minimum atomic E-state index is -0.423. The van der Waals surface area contributed by atoms with Gasteiger partial charge < -0.3 is 21.0 Å². The Morgan fingerprint density at radius 3 is 2.92 bits per heavy atom. The van der Waals surface area contributed by atoms with E-state index in [0.717, 1.165) is 10.2 Å². The molecule has 1 aromatic carbocycles. The number of nitrogens with one attached hydrogen (secondary N) is 3. The van der Waals surface area contributed by atoms with Gasteiger partial charge in [0.25, 0.3) is 0 Å². The molecule has 8 nitrogen and oxygen atoms in total. The van der Waals surface area contributed by atoms with Crippen molar-refractivity contribution in [2.24, 2.45) is 0 Å². The number of hydrogen-bond acceptors (Lipinski definition) is 7. The number of rotatable bonds is 4. The van der Waals surface area contributed by atoms with Gasteiger partial charge in [0, 0.05) is 5.69 Å². The average Bonchev–Trinajstić information content (AvgIpc) is 3.19. The van der Waals surface area contributed by atoms with Crippen LogP contribution in [0.5, 0.6) is 0 Å². The number of anilines is 2. The molecule has 1 atom stereocenters. The number of fused-ring (bicyclic) bond motifs is 2. The van der Waals surface area contributed by atoms with Crippen LogP contribution in [0.1, 0.15) is 6.92 Å². The molecule has 0 spiro atoms. The maximum Gasteiger partial charge on any atom is 0.323 e. The zero-order valence-electron chi connectivity index (χ0n) is 13.6. The van der Waals surface area contributed by atoms with Crippen molar-refractivity contribution in [2.75, 3.05) is 11.1 Å². The number of thiophene rings is 1. The normalized spacial score (nSPS) is 12.5. The van der Waals surface area contributed by atoms with Crippen molar-refractivity contribution in [1.29, 1.82) is 0 Å². The van der Waals surface area contributed by atoms with Crippen LogP contribution in [0.15, 0.2) is 39.6 Å². The number of nitrogen functional groups attached to an aromatic ring is 1. The topological polar surface area (TPSA) is 130 Å². The van der Waals surface area contributed by atoms with Crippen molar-refractivity contribution in [3.8, 4) is 0 Å². The summed E-state index contributed by atoms with van der Waals surface area (Å²) in [6, 6.07) is 7.04. The largest absolute Gasteiger partial charge is 0.383 e. The second-order valence-electron chi connectivity index (χ2n) is 5.62. The fourth-order valence-electron chi connectivity index (χ4n) is 2.48. The molecule has 10 heteroatoms. The van der Waals surface area contributed by atoms with Gasteiger partial charge in [-0.05, 0) is 36.6 Å². The van der Waals surface area contributed by atoms with E-state index in [1.165, 1.54) is 23.1 Å². The first-order chi connectivity index (χ1) is 12.5. The third-order valence-corrected chi connectivity index (χ3v) is 5.54. The van der Waals surface area contributed by atoms with Gasteiger partial charge in [-0.15, -0.1) is 11.3 Å². The predicted octanol–water partition coefficient (Wildman–Crippen LogP) is 2.56. The summed E-state index contributed by atoms with van der Waals surface area (Å²) in [5.74, 6) is 0.217. The van der Waals surface area contributed by atoms with E-state index in [-0.39, 0.29) is 11.6 Å². The molecule has 0 unspecified atom stereocenters. The highest BCUT2D eigenvalue weighted by atomic mass is 32.2. The van der Waals surface area contributed by atoms with Gasteiger partial charge in [-0.25, -0.2) is 14.8 Å². The van der Waals surface area contributed by atoms with Gasteiger partial charge in [0.15, 0.2) is 5.16 Å². The van der Waals surface area contributed by atoms with E-state index in [4.69, 9.17) is 5.73 Å². The number of imidazole rings is 1. The van der Waals surface area contributed by atoms with E-state index in [1.807, 2.05) is 11.4 Å². The van der Waals surface area contributed by atoms with Crippen molar-refractivity contribution in [2.45, 2.75) is 17.3 Å². The van der Waals surface area contributed by atoms with Crippen LogP contribution in [0.2, 0.25) is 0 Å². The van der Waals surface area contributed by atoms with E-state index in [0.29, 0.717) is 27.7 Å². The lowest BCUT2D eigenvalue weighted by Crippen LogP contribution is -2.22. The second-order valence-corrected chi connectivity index (χ2v) is 7.82. The second kappa shape index (κ2) is 6.46. The maximum atomic E-state index is 12.5. The molecule has 3 heterocycles. The molecule has 5 N–H and O–H groups in total. The first kappa shape index (κ1) is 16.6. The van der Waals surface area contributed by atoms with Gasteiger partial charge in [0.2, 0.25) is 5.91 Å². The number of benzene rings is 1. The quantitative estimate of drug-likeness (QED) is 0.315. The maximum absolute atomic E-state index is 12.5. The van der Waals surface area contributed by atoms with Crippen molar-refractivity contribution < 1.29 is 4.79 Å². The molecule has 0 fully saturated rings. The first-order valence-electron chi connectivity index (χ1n) is 7.70. The molecule has 0 aliphatic heterocycles. The van der Waals surface area contributed by atoms with Crippen LogP contribution in [-0.2, 0) is 4.79 Å². The first-order valence-corrected chi connectivity index (χ1v) is 9.46. The number of nitrogens with zero attached hydrogens (tertiary/aromatic N) is 2. The highest BCUT2D eigenvalue weighted by molar-refractivity contribution is 8.00. The monoisotopic (exact) mass is 386 g/mol.